The fraction of sp³-hybridized carbons (Fsp3) is 0.913. The molecule has 0 N–H and O–H groups in total. The van der Waals surface area contributed by atoms with Gasteiger partial charge in [-0.3, -0.25) is 71.7 Å². The molecule has 0 aliphatic carbocycles. The van der Waals surface area contributed by atoms with Crippen molar-refractivity contribution in [2.45, 2.75) is 245 Å². The summed E-state index contributed by atoms with van der Waals surface area (Å²) in [7, 11) is 4.10. The molecular weight excluding hydrogens is 1200 g/mol. The Morgan fingerprint density at radius 3 is 0.598 bits per heavy atom. The van der Waals surface area contributed by atoms with Crippen molar-refractivity contribution in [2.24, 2.45) is 35.5 Å². The van der Waals surface area contributed by atoms with Crippen molar-refractivity contribution in [3.05, 3.63) is 0 Å². The third kappa shape index (κ3) is 11.4. The molecular formula is C69H111N6O16P. The monoisotopic (exact) mass is 1310 g/mol. The van der Waals surface area contributed by atoms with Crippen molar-refractivity contribution in [3.63, 3.8) is 0 Å². The van der Waals surface area contributed by atoms with E-state index >= 15 is 33.3 Å². The molecule has 18 fully saturated rings. The lowest BCUT2D eigenvalue weighted by Gasteiger charge is -2.59. The Hall–Kier alpha value is -2.35. The third-order valence-corrected chi connectivity index (χ3v) is 27.7. The Morgan fingerprint density at radius 1 is 0.315 bits per heavy atom. The number of phosphoric ester groups is 1. The van der Waals surface area contributed by atoms with Crippen molar-refractivity contribution in [1.29, 1.82) is 0 Å². The summed E-state index contributed by atoms with van der Waals surface area (Å²) in [5.41, 5.74) is -7.87. The molecule has 0 spiro atoms. The van der Waals surface area contributed by atoms with Gasteiger partial charge in [-0.25, -0.2) is 4.57 Å². The largest absolute Gasteiger partial charge is 0.475 e. The topological polar surface area (TPSA) is 222 Å². The smallest absolute Gasteiger partial charge is 0.382 e. The van der Waals surface area contributed by atoms with E-state index in [1.54, 1.807) is 42.7 Å². The molecule has 0 aromatic heterocycles. The fourth-order valence-electron chi connectivity index (χ4n) is 22.7. The number of nitrogens with zero attached hydrogens (tertiary/aromatic N) is 6. The van der Waals surface area contributed by atoms with Gasteiger partial charge in [0.25, 0.3) is 0 Å². The van der Waals surface area contributed by atoms with Crippen molar-refractivity contribution in [2.75, 3.05) is 122 Å². The molecule has 0 amide bonds. The summed E-state index contributed by atoms with van der Waals surface area (Å²) in [6.07, 6.45) is 3.74. The standard InChI is InChI=1S/C69H111N6O16P/c1-43-25-49-13-19-70(43)64(37-83-7,58(49)76)31-55(32-65(38-84-8)59(77)50-14-20-71(65)44(2)26-50)89-92(82,90-56(33-66(39-85-9)60(78)51-15-21-72(66)45(3)27-51)34-67(40-86-10)61(79)52-16-22-73(67)46(4)28-52)91-57(35-68(41-87-11)62(80)53-17-23-74(68)47(5)29-53)36-69(42-88-12)63(81)54-18-24-75(69)48(6)30-54/h43-57H,13-42H2,1-12H3. The Bertz CT molecular complexity index is 2380. The summed E-state index contributed by atoms with van der Waals surface area (Å²) in [5.74, 6) is -1.74. The van der Waals surface area contributed by atoms with Gasteiger partial charge in [0, 0.05) is 192 Å². The minimum atomic E-state index is -5.42. The summed E-state index contributed by atoms with van der Waals surface area (Å²) in [6.45, 7) is 16.3. The van der Waals surface area contributed by atoms with Crippen molar-refractivity contribution < 1.29 is 75.3 Å². The quantitative estimate of drug-likeness (QED) is 0.0752. The van der Waals surface area contributed by atoms with Gasteiger partial charge in [-0.2, -0.15) is 0 Å². The first-order chi connectivity index (χ1) is 43.9. The molecule has 22 nitrogen and oxygen atoms in total. The number of hydrogen-bond acceptors (Lipinski definition) is 22. The zero-order valence-corrected chi connectivity index (χ0v) is 58.4. The van der Waals surface area contributed by atoms with Gasteiger partial charge >= 0.3 is 7.82 Å². The Labute approximate surface area is 547 Å². The molecule has 18 aliphatic heterocycles. The molecule has 0 aromatic carbocycles. The molecule has 23 heteroatoms. The van der Waals surface area contributed by atoms with Crippen molar-refractivity contribution in [1.82, 2.24) is 29.4 Å². The summed E-state index contributed by atoms with van der Waals surface area (Å²) >= 11 is 0. The molecule has 18 saturated heterocycles. The van der Waals surface area contributed by atoms with Gasteiger partial charge in [-0.15, -0.1) is 0 Å². The Kier molecular flexibility index (Phi) is 20.2. The van der Waals surface area contributed by atoms with Crippen LogP contribution in [-0.2, 0) is 75.3 Å². The predicted octanol–water partition coefficient (Wildman–Crippen LogP) is 6.00. The maximum atomic E-state index is 18.5. The molecule has 18 aliphatic rings. The van der Waals surface area contributed by atoms with Crippen LogP contribution in [-0.4, -0.2) is 273 Å². The van der Waals surface area contributed by atoms with Crippen LogP contribution in [0.3, 0.4) is 0 Å². The van der Waals surface area contributed by atoms with Gasteiger partial charge in [0.05, 0.1) is 58.0 Å². The minimum absolute atomic E-state index is 0.00663. The summed E-state index contributed by atoms with van der Waals surface area (Å²) in [6, 6.07) is -0.221. The second kappa shape index (κ2) is 26.7. The first kappa shape index (κ1) is 69.5. The maximum absolute atomic E-state index is 18.5. The van der Waals surface area contributed by atoms with E-state index in [-0.39, 0.29) is 185 Å². The van der Waals surface area contributed by atoms with Crippen LogP contribution in [0.1, 0.15) is 157 Å². The van der Waals surface area contributed by atoms with Crippen molar-refractivity contribution >= 4 is 42.5 Å². The Morgan fingerprint density at radius 2 is 0.467 bits per heavy atom. The van der Waals surface area contributed by atoms with Crippen LogP contribution in [0, 0.1) is 35.5 Å². The summed E-state index contributed by atoms with van der Waals surface area (Å²) in [5, 5.41) is 0. The molecule has 18 heterocycles. The molecule has 0 aromatic rings. The van der Waals surface area contributed by atoms with Crippen LogP contribution < -0.4 is 0 Å². The number of phosphoric acid groups is 1. The first-order valence-corrected chi connectivity index (χ1v) is 36.8. The SMILES string of the molecule is COCC1(CC(CC2(COC)C(=O)C3CCN2C(C)C3)OP(=O)(OC(CC2(COC)C(=O)C3CCN2C(C)C3)CC2(COC)C(=O)C3CCN2C(C)C3)OC(CC2(COC)C(=O)C3CCN2C(C)C3)CC2(COC)C(=O)C3CCN2C(C)C3)C(=O)C2CCN1C(C)C2. The van der Waals surface area contributed by atoms with E-state index in [0.29, 0.717) is 116 Å². The highest BCUT2D eigenvalue weighted by Gasteiger charge is 2.66. The first-order valence-electron chi connectivity index (χ1n) is 35.4. The van der Waals surface area contributed by atoms with E-state index in [0.717, 1.165) is 0 Å². The van der Waals surface area contributed by atoms with Gasteiger partial charge in [0.15, 0.2) is 34.7 Å². The number of Topliss-reactive ketones (excluding diaryl/α,β-unsaturated/α-hetero) is 6. The van der Waals surface area contributed by atoms with Gasteiger partial charge in [-0.1, -0.05) is 0 Å². The minimum Gasteiger partial charge on any atom is -0.382 e. The highest BCUT2D eigenvalue weighted by Crippen LogP contribution is 2.61. The number of ether oxygens (including phenoxy) is 6. The number of ketones is 6. The van der Waals surface area contributed by atoms with E-state index in [9.17, 15) is 0 Å². The number of carbonyl (C=O) groups is 6. The van der Waals surface area contributed by atoms with Gasteiger partial charge < -0.3 is 28.4 Å². The number of carbonyl (C=O) groups excluding carboxylic acids is 6. The molecule has 0 saturated carbocycles. The number of piperidine rings is 18. The second-order valence-corrected chi connectivity index (χ2v) is 32.9. The molecule has 0 radical (unpaired) electrons. The highest BCUT2D eigenvalue weighted by molar-refractivity contribution is 7.48. The van der Waals surface area contributed by atoms with Gasteiger partial charge in [0.2, 0.25) is 0 Å². The lowest BCUT2D eigenvalue weighted by molar-refractivity contribution is -0.175. The molecule has 24 atom stereocenters. The normalized spacial score (nSPS) is 46.8. The fourth-order valence-corrected chi connectivity index (χ4v) is 24.4. The van der Waals surface area contributed by atoms with E-state index in [2.05, 4.69) is 70.9 Å². The van der Waals surface area contributed by atoms with Crippen LogP contribution in [0.15, 0.2) is 0 Å². The zero-order chi connectivity index (χ0) is 65.7. The lowest BCUT2D eigenvalue weighted by atomic mass is 9.65. The van der Waals surface area contributed by atoms with E-state index in [1.165, 1.54) is 0 Å². The third-order valence-electron chi connectivity index (χ3n) is 26.1. The number of hydrogen-bond donors (Lipinski definition) is 0. The van der Waals surface area contributed by atoms with Crippen LogP contribution >= 0.6 is 7.82 Å². The number of methoxy groups -OCH3 is 6. The molecule has 24 unspecified atom stereocenters. The molecule has 12 bridgehead atoms. The summed E-state index contributed by atoms with van der Waals surface area (Å²) < 4.78 is 78.6. The average Bonchev–Trinajstić information content (AvgIpc) is 0.740. The van der Waals surface area contributed by atoms with Crippen LogP contribution in [0.2, 0.25) is 0 Å². The van der Waals surface area contributed by atoms with Crippen LogP contribution in [0.25, 0.3) is 0 Å². The van der Waals surface area contributed by atoms with E-state index < -0.39 is 59.4 Å². The maximum Gasteiger partial charge on any atom is 0.475 e. The highest BCUT2D eigenvalue weighted by atomic mass is 31.2. The Balaban J connectivity index is 1.08. The van der Waals surface area contributed by atoms with E-state index in [1.807, 2.05) is 0 Å². The predicted molar refractivity (Wildman–Crippen MR) is 341 cm³/mol. The summed E-state index contributed by atoms with van der Waals surface area (Å²) in [4.78, 5) is 107. The number of rotatable bonds is 30. The number of fused-ring (bicyclic) bond motifs is 18. The van der Waals surface area contributed by atoms with Gasteiger partial charge in [0.1, 0.15) is 33.2 Å². The molecule has 92 heavy (non-hydrogen) atoms. The molecule has 18 rings (SSSR count). The van der Waals surface area contributed by atoms with Crippen LogP contribution in [0.5, 0.6) is 0 Å². The second-order valence-electron chi connectivity index (χ2n) is 31.4. The zero-order valence-electron chi connectivity index (χ0n) is 57.5. The van der Waals surface area contributed by atoms with Crippen LogP contribution in [0.4, 0.5) is 0 Å². The average molecular weight is 1310 g/mol. The lowest BCUT2D eigenvalue weighted by Crippen LogP contribution is -2.73. The molecule has 518 valence electrons. The van der Waals surface area contributed by atoms with Crippen molar-refractivity contribution in [3.8, 4) is 0 Å². The van der Waals surface area contributed by atoms with E-state index in [4.69, 9.17) is 42.0 Å². The van der Waals surface area contributed by atoms with Gasteiger partial charge in [-0.05, 0) is 119 Å².